The van der Waals surface area contributed by atoms with Crippen molar-refractivity contribution in [3.8, 4) is 11.1 Å². The SMILES string of the molecule is COC1c2cccc(-c3cc(C)cc(C)c3)c2CC1C. The van der Waals surface area contributed by atoms with E-state index in [0.29, 0.717) is 5.92 Å². The van der Waals surface area contributed by atoms with Crippen LogP contribution in [0.1, 0.15) is 35.3 Å². The molecule has 2 aromatic rings. The molecule has 0 bridgehead atoms. The van der Waals surface area contributed by atoms with E-state index in [2.05, 4.69) is 57.2 Å². The quantitative estimate of drug-likeness (QED) is 0.755. The van der Waals surface area contributed by atoms with Gasteiger partial charge in [0, 0.05) is 7.11 Å². The number of rotatable bonds is 2. The van der Waals surface area contributed by atoms with Crippen molar-refractivity contribution in [2.24, 2.45) is 5.92 Å². The molecule has 0 heterocycles. The fraction of sp³-hybridized carbons (Fsp3) is 0.368. The second-order valence-electron chi connectivity index (χ2n) is 6.09. The Labute approximate surface area is 121 Å². The zero-order valence-electron chi connectivity index (χ0n) is 12.7. The van der Waals surface area contributed by atoms with E-state index in [9.17, 15) is 0 Å². The highest BCUT2D eigenvalue weighted by atomic mass is 16.5. The van der Waals surface area contributed by atoms with Crippen molar-refractivity contribution in [2.75, 3.05) is 7.11 Å². The number of benzene rings is 2. The van der Waals surface area contributed by atoms with Crippen molar-refractivity contribution in [1.82, 2.24) is 0 Å². The predicted octanol–water partition coefficient (Wildman–Crippen LogP) is 4.85. The van der Waals surface area contributed by atoms with Gasteiger partial charge in [-0.05, 0) is 48.4 Å². The summed E-state index contributed by atoms with van der Waals surface area (Å²) in [5, 5.41) is 0. The molecule has 0 aliphatic heterocycles. The molecule has 2 unspecified atom stereocenters. The Morgan fingerprint density at radius 1 is 1.05 bits per heavy atom. The van der Waals surface area contributed by atoms with E-state index in [0.717, 1.165) is 6.42 Å². The fourth-order valence-electron chi connectivity index (χ4n) is 3.59. The molecule has 0 aromatic heterocycles. The van der Waals surface area contributed by atoms with E-state index in [-0.39, 0.29) is 6.10 Å². The zero-order chi connectivity index (χ0) is 14.3. The van der Waals surface area contributed by atoms with Gasteiger partial charge in [0.2, 0.25) is 0 Å². The topological polar surface area (TPSA) is 9.23 Å². The molecule has 0 amide bonds. The smallest absolute Gasteiger partial charge is 0.0852 e. The summed E-state index contributed by atoms with van der Waals surface area (Å²) in [4.78, 5) is 0. The lowest BCUT2D eigenvalue weighted by Crippen LogP contribution is -2.04. The largest absolute Gasteiger partial charge is 0.376 e. The number of fused-ring (bicyclic) bond motifs is 1. The monoisotopic (exact) mass is 266 g/mol. The first-order valence-corrected chi connectivity index (χ1v) is 7.33. The molecule has 104 valence electrons. The molecule has 0 saturated carbocycles. The number of hydrogen-bond donors (Lipinski definition) is 0. The molecule has 2 aromatic carbocycles. The molecule has 1 aliphatic carbocycles. The maximum Gasteiger partial charge on any atom is 0.0852 e. The van der Waals surface area contributed by atoms with E-state index >= 15 is 0 Å². The van der Waals surface area contributed by atoms with Crippen molar-refractivity contribution < 1.29 is 4.74 Å². The number of hydrogen-bond acceptors (Lipinski definition) is 1. The first-order valence-electron chi connectivity index (χ1n) is 7.33. The molecular weight excluding hydrogens is 244 g/mol. The van der Waals surface area contributed by atoms with Crippen LogP contribution in [0.2, 0.25) is 0 Å². The van der Waals surface area contributed by atoms with Crippen molar-refractivity contribution in [3.63, 3.8) is 0 Å². The maximum absolute atomic E-state index is 5.69. The lowest BCUT2D eigenvalue weighted by molar-refractivity contribution is 0.0695. The van der Waals surface area contributed by atoms with Crippen molar-refractivity contribution in [2.45, 2.75) is 33.3 Å². The van der Waals surface area contributed by atoms with E-state index in [1.165, 1.54) is 33.4 Å². The molecule has 3 rings (SSSR count). The molecular formula is C19H22O. The standard InChI is InChI=1S/C19H22O/c1-12-8-13(2)10-15(9-12)16-6-5-7-17-18(16)11-14(3)19(17)20-4/h5-10,14,19H,11H2,1-4H3. The van der Waals surface area contributed by atoms with Gasteiger partial charge in [-0.2, -0.15) is 0 Å². The van der Waals surface area contributed by atoms with Gasteiger partial charge in [-0.1, -0.05) is 54.4 Å². The first kappa shape index (κ1) is 13.4. The Kier molecular flexibility index (Phi) is 3.39. The molecule has 0 spiro atoms. The summed E-state index contributed by atoms with van der Waals surface area (Å²) in [6.07, 6.45) is 1.35. The van der Waals surface area contributed by atoms with Gasteiger partial charge in [-0.3, -0.25) is 0 Å². The highest BCUT2D eigenvalue weighted by Crippen LogP contribution is 2.42. The Hall–Kier alpha value is -1.60. The summed E-state index contributed by atoms with van der Waals surface area (Å²) < 4.78 is 5.69. The van der Waals surface area contributed by atoms with Crippen LogP contribution in [0.3, 0.4) is 0 Å². The average Bonchev–Trinajstić information content (AvgIpc) is 2.72. The van der Waals surface area contributed by atoms with Crippen molar-refractivity contribution in [3.05, 3.63) is 58.7 Å². The lowest BCUT2D eigenvalue weighted by Gasteiger charge is -2.14. The van der Waals surface area contributed by atoms with Gasteiger partial charge >= 0.3 is 0 Å². The maximum atomic E-state index is 5.69. The third-order valence-electron chi connectivity index (χ3n) is 4.35. The van der Waals surface area contributed by atoms with Crippen LogP contribution in [-0.4, -0.2) is 7.11 Å². The van der Waals surface area contributed by atoms with Gasteiger partial charge in [0.15, 0.2) is 0 Å². The summed E-state index contributed by atoms with van der Waals surface area (Å²) >= 11 is 0. The van der Waals surface area contributed by atoms with E-state index in [1.54, 1.807) is 0 Å². The van der Waals surface area contributed by atoms with Crippen LogP contribution in [0.4, 0.5) is 0 Å². The number of aryl methyl sites for hydroxylation is 2. The summed E-state index contributed by atoms with van der Waals surface area (Å²) in [5.74, 6) is 0.557. The summed E-state index contributed by atoms with van der Waals surface area (Å²) in [6, 6.07) is 13.4. The molecule has 1 nitrogen and oxygen atoms in total. The molecule has 2 atom stereocenters. The van der Waals surface area contributed by atoms with Gasteiger partial charge in [0.25, 0.3) is 0 Å². The third kappa shape index (κ3) is 2.16. The average molecular weight is 266 g/mol. The van der Waals surface area contributed by atoms with Gasteiger partial charge in [-0.15, -0.1) is 0 Å². The Morgan fingerprint density at radius 3 is 2.40 bits per heavy atom. The zero-order valence-corrected chi connectivity index (χ0v) is 12.7. The van der Waals surface area contributed by atoms with Crippen LogP contribution >= 0.6 is 0 Å². The van der Waals surface area contributed by atoms with Gasteiger partial charge < -0.3 is 4.74 Å². The van der Waals surface area contributed by atoms with Gasteiger partial charge in [-0.25, -0.2) is 0 Å². The lowest BCUT2D eigenvalue weighted by atomic mass is 9.94. The van der Waals surface area contributed by atoms with Crippen LogP contribution in [0.5, 0.6) is 0 Å². The fourth-order valence-corrected chi connectivity index (χ4v) is 3.59. The van der Waals surface area contributed by atoms with Gasteiger partial charge in [0.05, 0.1) is 6.10 Å². The summed E-state index contributed by atoms with van der Waals surface area (Å²) in [6.45, 7) is 6.61. The summed E-state index contributed by atoms with van der Waals surface area (Å²) in [7, 11) is 1.82. The van der Waals surface area contributed by atoms with E-state index in [1.807, 2.05) is 7.11 Å². The molecule has 0 saturated heterocycles. The van der Waals surface area contributed by atoms with Crippen LogP contribution in [0.15, 0.2) is 36.4 Å². The van der Waals surface area contributed by atoms with Crippen LogP contribution in [0, 0.1) is 19.8 Å². The Balaban J connectivity index is 2.15. The third-order valence-corrected chi connectivity index (χ3v) is 4.35. The molecule has 0 fully saturated rings. The second-order valence-corrected chi connectivity index (χ2v) is 6.09. The molecule has 1 heteroatoms. The van der Waals surface area contributed by atoms with E-state index < -0.39 is 0 Å². The Bertz CT molecular complexity index is 622. The predicted molar refractivity (Wildman–Crippen MR) is 84.0 cm³/mol. The van der Waals surface area contributed by atoms with Crippen LogP contribution in [-0.2, 0) is 11.2 Å². The van der Waals surface area contributed by atoms with Crippen molar-refractivity contribution in [1.29, 1.82) is 0 Å². The molecule has 0 N–H and O–H groups in total. The van der Waals surface area contributed by atoms with Crippen molar-refractivity contribution >= 4 is 0 Å². The minimum atomic E-state index is 0.246. The van der Waals surface area contributed by atoms with Crippen LogP contribution in [0.25, 0.3) is 11.1 Å². The van der Waals surface area contributed by atoms with Crippen LogP contribution < -0.4 is 0 Å². The highest BCUT2D eigenvalue weighted by Gasteiger charge is 2.31. The minimum absolute atomic E-state index is 0.246. The normalized spacial score (nSPS) is 21.0. The van der Waals surface area contributed by atoms with Gasteiger partial charge in [0.1, 0.15) is 0 Å². The Morgan fingerprint density at radius 2 is 1.75 bits per heavy atom. The number of ether oxygens (including phenoxy) is 1. The summed E-state index contributed by atoms with van der Waals surface area (Å²) in [5.41, 5.74) is 8.20. The minimum Gasteiger partial charge on any atom is -0.376 e. The molecule has 20 heavy (non-hydrogen) atoms. The highest BCUT2D eigenvalue weighted by molar-refractivity contribution is 5.71. The number of methoxy groups -OCH3 is 1. The second kappa shape index (κ2) is 5.06. The first-order chi connectivity index (χ1) is 9.60. The molecule has 1 aliphatic rings. The van der Waals surface area contributed by atoms with E-state index in [4.69, 9.17) is 4.74 Å². The molecule has 0 radical (unpaired) electrons.